The van der Waals surface area contributed by atoms with Gasteiger partial charge in [0.05, 0.1) is 6.54 Å². The summed E-state index contributed by atoms with van der Waals surface area (Å²) in [5, 5.41) is 0. The maximum atomic E-state index is 13.3. The molecule has 0 radical (unpaired) electrons. The fourth-order valence-corrected chi connectivity index (χ4v) is 2.25. The summed E-state index contributed by atoms with van der Waals surface area (Å²) in [4.78, 5) is 18.1. The van der Waals surface area contributed by atoms with Gasteiger partial charge in [0.25, 0.3) is 5.56 Å². The molecule has 2 aromatic rings. The number of aromatic nitrogens is 2. The van der Waals surface area contributed by atoms with Gasteiger partial charge in [0.15, 0.2) is 5.82 Å². The Morgan fingerprint density at radius 3 is 3.10 bits per heavy atom. The molecule has 0 amide bonds. The molecule has 0 saturated carbocycles. The van der Waals surface area contributed by atoms with Gasteiger partial charge in [0, 0.05) is 31.5 Å². The van der Waals surface area contributed by atoms with Gasteiger partial charge in [-0.3, -0.25) is 4.79 Å². The normalized spacial score (nSPS) is 14.4. The summed E-state index contributed by atoms with van der Waals surface area (Å²) in [5.41, 5.74) is 0.544. The van der Waals surface area contributed by atoms with Crippen molar-refractivity contribution in [3.05, 3.63) is 52.3 Å². The van der Waals surface area contributed by atoms with Gasteiger partial charge in [-0.1, -0.05) is 0 Å². The molecule has 2 heterocycles. The molecule has 1 aromatic carbocycles. The molecule has 6 heteroatoms. The first kappa shape index (κ1) is 12.7. The number of hydrogen-bond donors (Lipinski definition) is 0. The Morgan fingerprint density at radius 2 is 2.25 bits per heavy atom. The first-order valence-corrected chi connectivity index (χ1v) is 6.33. The Morgan fingerprint density at radius 1 is 1.40 bits per heavy atom. The molecule has 0 fully saturated rings. The Labute approximate surface area is 115 Å². The van der Waals surface area contributed by atoms with E-state index in [0.717, 1.165) is 5.56 Å². The van der Waals surface area contributed by atoms with Gasteiger partial charge in [0.2, 0.25) is 0 Å². The van der Waals surface area contributed by atoms with E-state index >= 15 is 0 Å². The van der Waals surface area contributed by atoms with Crippen LogP contribution in [0.25, 0.3) is 0 Å². The van der Waals surface area contributed by atoms with Crippen molar-refractivity contribution in [3.8, 4) is 5.75 Å². The van der Waals surface area contributed by atoms with E-state index in [2.05, 4.69) is 4.98 Å². The fourth-order valence-electron chi connectivity index (χ4n) is 2.25. The van der Waals surface area contributed by atoms with Crippen LogP contribution in [-0.2, 0) is 13.6 Å². The number of ether oxygens (including phenoxy) is 1. The van der Waals surface area contributed by atoms with Crippen LogP contribution in [0.5, 0.6) is 5.75 Å². The second kappa shape index (κ2) is 4.96. The van der Waals surface area contributed by atoms with Crippen molar-refractivity contribution < 1.29 is 9.13 Å². The Hall–Kier alpha value is -2.37. The van der Waals surface area contributed by atoms with E-state index in [1.54, 1.807) is 25.5 Å². The molecular weight excluding hydrogens is 261 g/mol. The highest BCUT2D eigenvalue weighted by Gasteiger charge is 2.19. The SMILES string of the molecule is Cn1ccnc(N2CCOc3ccc(F)cc3C2)c1=O. The molecule has 1 aromatic heterocycles. The average molecular weight is 275 g/mol. The third-order valence-corrected chi connectivity index (χ3v) is 3.30. The Bertz CT molecular complexity index is 699. The van der Waals surface area contributed by atoms with E-state index in [4.69, 9.17) is 4.74 Å². The lowest BCUT2D eigenvalue weighted by Gasteiger charge is -2.20. The molecule has 0 N–H and O–H groups in total. The molecule has 0 saturated heterocycles. The summed E-state index contributed by atoms with van der Waals surface area (Å²) in [6.07, 6.45) is 3.18. The minimum Gasteiger partial charge on any atom is -0.491 e. The lowest BCUT2D eigenvalue weighted by atomic mass is 10.2. The van der Waals surface area contributed by atoms with Gasteiger partial charge in [0.1, 0.15) is 18.2 Å². The predicted octanol–water partition coefficient (Wildman–Crippen LogP) is 1.32. The number of rotatable bonds is 1. The number of aryl methyl sites for hydroxylation is 1. The summed E-state index contributed by atoms with van der Waals surface area (Å²) < 4.78 is 20.4. The van der Waals surface area contributed by atoms with Crippen LogP contribution in [0.3, 0.4) is 0 Å². The number of halogens is 1. The summed E-state index contributed by atoms with van der Waals surface area (Å²) >= 11 is 0. The van der Waals surface area contributed by atoms with Crippen LogP contribution in [0, 0.1) is 5.82 Å². The largest absolute Gasteiger partial charge is 0.491 e. The predicted molar refractivity (Wildman–Crippen MR) is 72.4 cm³/mol. The van der Waals surface area contributed by atoms with Gasteiger partial charge >= 0.3 is 0 Å². The number of nitrogens with zero attached hydrogens (tertiary/aromatic N) is 3. The van der Waals surface area contributed by atoms with E-state index < -0.39 is 0 Å². The van der Waals surface area contributed by atoms with Gasteiger partial charge in [-0.15, -0.1) is 0 Å². The molecule has 1 aliphatic rings. The van der Waals surface area contributed by atoms with Crippen LogP contribution in [0.2, 0.25) is 0 Å². The second-order valence-electron chi connectivity index (χ2n) is 4.69. The Balaban J connectivity index is 2.00. The molecule has 104 valence electrons. The highest BCUT2D eigenvalue weighted by atomic mass is 19.1. The summed E-state index contributed by atoms with van der Waals surface area (Å²) in [6, 6.07) is 4.42. The van der Waals surface area contributed by atoms with Gasteiger partial charge in [-0.2, -0.15) is 0 Å². The summed E-state index contributed by atoms with van der Waals surface area (Å²) in [7, 11) is 1.68. The van der Waals surface area contributed by atoms with Crippen molar-refractivity contribution in [3.63, 3.8) is 0 Å². The molecule has 0 atom stereocenters. The molecule has 0 spiro atoms. The summed E-state index contributed by atoms with van der Waals surface area (Å²) in [6.45, 7) is 1.36. The monoisotopic (exact) mass is 275 g/mol. The van der Waals surface area contributed by atoms with Crippen molar-refractivity contribution in [2.45, 2.75) is 6.54 Å². The van der Waals surface area contributed by atoms with Gasteiger partial charge in [-0.25, -0.2) is 9.37 Å². The molecule has 0 aliphatic carbocycles. The lowest BCUT2D eigenvalue weighted by molar-refractivity contribution is 0.331. The zero-order chi connectivity index (χ0) is 14.1. The zero-order valence-corrected chi connectivity index (χ0v) is 11.0. The quantitative estimate of drug-likeness (QED) is 0.787. The van der Waals surface area contributed by atoms with Crippen LogP contribution in [0.4, 0.5) is 10.2 Å². The van der Waals surface area contributed by atoms with Gasteiger partial charge in [-0.05, 0) is 18.2 Å². The highest BCUT2D eigenvalue weighted by Crippen LogP contribution is 2.25. The van der Waals surface area contributed by atoms with E-state index in [1.165, 1.54) is 16.7 Å². The van der Waals surface area contributed by atoms with Crippen LogP contribution in [0.1, 0.15) is 5.56 Å². The molecular formula is C14H14FN3O2. The van der Waals surface area contributed by atoms with Crippen molar-refractivity contribution in [2.75, 3.05) is 18.1 Å². The molecule has 0 bridgehead atoms. The third-order valence-electron chi connectivity index (χ3n) is 3.30. The number of fused-ring (bicyclic) bond motifs is 1. The van der Waals surface area contributed by atoms with Crippen LogP contribution in [-0.4, -0.2) is 22.7 Å². The maximum absolute atomic E-state index is 13.3. The van der Waals surface area contributed by atoms with Crippen molar-refractivity contribution in [2.24, 2.45) is 7.05 Å². The number of hydrogen-bond acceptors (Lipinski definition) is 4. The molecule has 3 rings (SSSR count). The topological polar surface area (TPSA) is 47.4 Å². The minimum atomic E-state index is -0.317. The third kappa shape index (κ3) is 2.24. The van der Waals surface area contributed by atoms with E-state index in [1.807, 2.05) is 4.90 Å². The molecule has 0 unspecified atom stereocenters. The molecule has 1 aliphatic heterocycles. The minimum absolute atomic E-state index is 0.174. The molecule has 5 nitrogen and oxygen atoms in total. The van der Waals surface area contributed by atoms with E-state index in [0.29, 0.717) is 31.3 Å². The maximum Gasteiger partial charge on any atom is 0.293 e. The van der Waals surface area contributed by atoms with Crippen LogP contribution < -0.4 is 15.2 Å². The van der Waals surface area contributed by atoms with Crippen LogP contribution in [0.15, 0.2) is 35.4 Å². The van der Waals surface area contributed by atoms with Crippen molar-refractivity contribution in [1.29, 1.82) is 0 Å². The van der Waals surface area contributed by atoms with Crippen molar-refractivity contribution in [1.82, 2.24) is 9.55 Å². The summed E-state index contributed by atoms with van der Waals surface area (Å²) in [5.74, 6) is 0.695. The smallest absolute Gasteiger partial charge is 0.293 e. The second-order valence-corrected chi connectivity index (χ2v) is 4.69. The standard InChI is InChI=1S/C14H14FN3O2/c1-17-5-4-16-13(14(17)19)18-6-7-20-12-3-2-11(15)8-10(12)9-18/h2-5,8H,6-7,9H2,1H3. The highest BCUT2D eigenvalue weighted by molar-refractivity contribution is 5.43. The number of anilines is 1. The average Bonchev–Trinajstić information content (AvgIpc) is 2.63. The first-order valence-electron chi connectivity index (χ1n) is 6.33. The van der Waals surface area contributed by atoms with E-state index in [-0.39, 0.29) is 11.4 Å². The Kier molecular flexibility index (Phi) is 3.14. The van der Waals surface area contributed by atoms with E-state index in [9.17, 15) is 9.18 Å². The van der Waals surface area contributed by atoms with Crippen molar-refractivity contribution >= 4 is 5.82 Å². The zero-order valence-electron chi connectivity index (χ0n) is 11.0. The van der Waals surface area contributed by atoms with Crippen LogP contribution >= 0.6 is 0 Å². The fraction of sp³-hybridized carbons (Fsp3) is 0.286. The lowest BCUT2D eigenvalue weighted by Crippen LogP contribution is -2.33. The van der Waals surface area contributed by atoms with Gasteiger partial charge < -0.3 is 14.2 Å². The number of benzene rings is 1. The molecule has 20 heavy (non-hydrogen) atoms. The first-order chi connectivity index (χ1) is 9.65.